The summed E-state index contributed by atoms with van der Waals surface area (Å²) < 4.78 is 10.7. The van der Waals surface area contributed by atoms with Gasteiger partial charge in [-0.15, -0.1) is 0 Å². The van der Waals surface area contributed by atoms with Crippen molar-refractivity contribution in [1.29, 1.82) is 0 Å². The molecule has 0 aromatic rings. The Morgan fingerprint density at radius 3 is 1.23 bits per heavy atom. The van der Waals surface area contributed by atoms with E-state index in [-0.39, 0.29) is 23.8 Å². The predicted molar refractivity (Wildman–Crippen MR) is 88.5 cm³/mol. The van der Waals surface area contributed by atoms with Gasteiger partial charge in [-0.2, -0.15) is 0 Å². The minimum absolute atomic E-state index is 0.101. The van der Waals surface area contributed by atoms with Gasteiger partial charge in [-0.3, -0.25) is 9.59 Å². The summed E-state index contributed by atoms with van der Waals surface area (Å²) in [5, 5.41) is 0. The van der Waals surface area contributed by atoms with Gasteiger partial charge in [0.2, 0.25) is 0 Å². The maximum Gasteiger partial charge on any atom is 0.309 e. The zero-order valence-electron chi connectivity index (χ0n) is 15.6. The van der Waals surface area contributed by atoms with Crippen molar-refractivity contribution >= 4 is 11.9 Å². The van der Waals surface area contributed by atoms with Crippen molar-refractivity contribution in [2.75, 3.05) is 0 Å². The van der Waals surface area contributed by atoms with E-state index in [1.807, 2.05) is 55.4 Å². The number of carbonyl (C=O) groups is 2. The van der Waals surface area contributed by atoms with Crippen LogP contribution in [0.2, 0.25) is 0 Å². The molecule has 0 amide bonds. The van der Waals surface area contributed by atoms with Gasteiger partial charge in [0.25, 0.3) is 0 Å². The Morgan fingerprint density at radius 2 is 1.00 bits per heavy atom. The van der Waals surface area contributed by atoms with E-state index in [1.54, 1.807) is 0 Å². The minimum atomic E-state index is -0.434. The molecule has 0 aliphatic heterocycles. The first-order valence-corrected chi connectivity index (χ1v) is 8.27. The molecule has 0 bridgehead atoms. The van der Waals surface area contributed by atoms with Crippen LogP contribution >= 0.6 is 0 Å². The highest BCUT2D eigenvalue weighted by Crippen LogP contribution is 2.19. The Bertz CT molecular complexity index is 324. The second kappa shape index (κ2) is 8.54. The molecule has 22 heavy (non-hydrogen) atoms. The van der Waals surface area contributed by atoms with Gasteiger partial charge < -0.3 is 9.47 Å². The average Bonchev–Trinajstić information content (AvgIpc) is 2.29. The predicted octanol–water partition coefficient (Wildman–Crippen LogP) is 4.50. The molecule has 4 nitrogen and oxygen atoms in total. The van der Waals surface area contributed by atoms with E-state index in [9.17, 15) is 9.59 Å². The van der Waals surface area contributed by atoms with Crippen molar-refractivity contribution in [3.05, 3.63) is 0 Å². The largest absolute Gasteiger partial charge is 0.460 e. The van der Waals surface area contributed by atoms with Crippen molar-refractivity contribution < 1.29 is 19.1 Å². The van der Waals surface area contributed by atoms with E-state index in [1.165, 1.54) is 0 Å². The maximum atomic E-state index is 11.9. The van der Waals surface area contributed by atoms with Gasteiger partial charge in [0.15, 0.2) is 0 Å². The maximum absolute atomic E-state index is 11.9. The molecule has 130 valence electrons. The van der Waals surface area contributed by atoms with Crippen LogP contribution in [0.5, 0.6) is 0 Å². The zero-order chi connectivity index (χ0) is 17.6. The van der Waals surface area contributed by atoms with Gasteiger partial charge in [0.1, 0.15) is 11.2 Å². The fourth-order valence-corrected chi connectivity index (χ4v) is 1.94. The van der Waals surface area contributed by atoms with Gasteiger partial charge in [-0.25, -0.2) is 0 Å². The lowest BCUT2D eigenvalue weighted by molar-refractivity contribution is -0.161. The molecule has 0 heterocycles. The molecule has 0 fully saturated rings. The van der Waals surface area contributed by atoms with E-state index in [0.29, 0.717) is 0 Å². The lowest BCUT2D eigenvalue weighted by Crippen LogP contribution is -2.28. The Hall–Kier alpha value is -1.06. The van der Waals surface area contributed by atoms with E-state index in [4.69, 9.17) is 9.47 Å². The smallest absolute Gasteiger partial charge is 0.309 e. The van der Waals surface area contributed by atoms with E-state index in [0.717, 1.165) is 25.7 Å². The first kappa shape index (κ1) is 20.9. The quantitative estimate of drug-likeness (QED) is 0.513. The molecule has 0 aliphatic carbocycles. The highest BCUT2D eigenvalue weighted by atomic mass is 16.6. The number of rotatable bonds is 7. The topological polar surface area (TPSA) is 52.6 Å². The Kier molecular flexibility index (Phi) is 8.13. The number of carbonyl (C=O) groups excluding carboxylic acids is 2. The fraction of sp³-hybridized carbons (Fsp3) is 0.889. The summed E-state index contributed by atoms with van der Waals surface area (Å²) in [5.41, 5.74) is -0.868. The van der Waals surface area contributed by atoms with Crippen LogP contribution in [0.1, 0.15) is 81.1 Å². The number of esters is 2. The van der Waals surface area contributed by atoms with Gasteiger partial charge in [0, 0.05) is 0 Å². The summed E-state index contributed by atoms with van der Waals surface area (Å²) in [5.74, 6) is -0.493. The summed E-state index contributed by atoms with van der Waals surface area (Å²) >= 11 is 0. The van der Waals surface area contributed by atoms with Crippen LogP contribution in [0.4, 0.5) is 0 Å². The van der Waals surface area contributed by atoms with Crippen LogP contribution in [0, 0.1) is 11.8 Å². The molecule has 0 aliphatic rings. The van der Waals surface area contributed by atoms with E-state index < -0.39 is 11.2 Å². The number of unbranched alkanes of at least 4 members (excludes halogenated alkanes) is 1. The van der Waals surface area contributed by atoms with Crippen LogP contribution in [0.3, 0.4) is 0 Å². The summed E-state index contributed by atoms with van der Waals surface area (Å²) in [6.07, 6.45) is 3.40. The molecule has 0 N–H and O–H groups in total. The SMILES string of the molecule is CC(CCCCC(C)C(=O)OC(C)(C)C)C(=O)OC(C)(C)C. The highest BCUT2D eigenvalue weighted by Gasteiger charge is 2.23. The second-order valence-electron chi connectivity index (χ2n) is 8.15. The van der Waals surface area contributed by atoms with Crippen molar-refractivity contribution in [3.63, 3.8) is 0 Å². The Labute approximate surface area is 135 Å². The fourth-order valence-electron chi connectivity index (χ4n) is 1.94. The summed E-state index contributed by atoms with van der Waals surface area (Å²) in [6, 6.07) is 0. The lowest BCUT2D eigenvalue weighted by atomic mass is 9.98. The Morgan fingerprint density at radius 1 is 0.727 bits per heavy atom. The standard InChI is InChI=1S/C18H34O4/c1-13(15(19)21-17(3,4)5)11-9-10-12-14(2)16(20)22-18(6,7)8/h13-14H,9-12H2,1-8H3. The molecule has 4 heteroatoms. The first-order valence-electron chi connectivity index (χ1n) is 8.27. The zero-order valence-corrected chi connectivity index (χ0v) is 15.6. The van der Waals surface area contributed by atoms with Crippen LogP contribution in [0.15, 0.2) is 0 Å². The normalized spacial score (nSPS) is 15.1. The second-order valence-corrected chi connectivity index (χ2v) is 8.15. The molecule has 0 aromatic carbocycles. The van der Waals surface area contributed by atoms with Crippen LogP contribution in [-0.4, -0.2) is 23.1 Å². The molecule has 2 unspecified atom stereocenters. The third-order valence-corrected chi connectivity index (χ3v) is 3.14. The number of hydrogen-bond donors (Lipinski definition) is 0. The van der Waals surface area contributed by atoms with Crippen molar-refractivity contribution in [2.45, 2.75) is 92.3 Å². The Balaban J connectivity index is 3.97. The average molecular weight is 314 g/mol. The van der Waals surface area contributed by atoms with Crippen molar-refractivity contribution in [2.24, 2.45) is 11.8 Å². The monoisotopic (exact) mass is 314 g/mol. The molecular weight excluding hydrogens is 280 g/mol. The van der Waals surface area contributed by atoms with Crippen LogP contribution < -0.4 is 0 Å². The van der Waals surface area contributed by atoms with Gasteiger partial charge in [0.05, 0.1) is 11.8 Å². The molecule has 0 saturated carbocycles. The third kappa shape index (κ3) is 10.6. The van der Waals surface area contributed by atoms with E-state index in [2.05, 4.69) is 0 Å². The third-order valence-electron chi connectivity index (χ3n) is 3.14. The number of hydrogen-bond acceptors (Lipinski definition) is 4. The van der Waals surface area contributed by atoms with Crippen molar-refractivity contribution in [3.8, 4) is 0 Å². The molecule has 2 atom stereocenters. The van der Waals surface area contributed by atoms with Crippen molar-refractivity contribution in [1.82, 2.24) is 0 Å². The molecule has 0 spiro atoms. The minimum Gasteiger partial charge on any atom is -0.460 e. The molecule has 0 saturated heterocycles. The summed E-state index contributed by atoms with van der Waals surface area (Å²) in [6.45, 7) is 15.0. The van der Waals surface area contributed by atoms with Crippen LogP contribution in [0.25, 0.3) is 0 Å². The first-order chi connectivity index (χ1) is 9.82. The highest BCUT2D eigenvalue weighted by molar-refractivity contribution is 5.72. The summed E-state index contributed by atoms with van der Waals surface area (Å²) in [7, 11) is 0. The van der Waals surface area contributed by atoms with Gasteiger partial charge in [-0.05, 0) is 54.4 Å². The molecular formula is C18H34O4. The summed E-state index contributed by atoms with van der Waals surface area (Å²) in [4.78, 5) is 23.7. The molecule has 0 radical (unpaired) electrons. The molecule has 0 rings (SSSR count). The van der Waals surface area contributed by atoms with Crippen LogP contribution in [-0.2, 0) is 19.1 Å². The lowest BCUT2D eigenvalue weighted by Gasteiger charge is -2.23. The molecule has 0 aromatic heterocycles. The van der Waals surface area contributed by atoms with E-state index >= 15 is 0 Å². The van der Waals surface area contributed by atoms with Gasteiger partial charge in [-0.1, -0.05) is 26.7 Å². The van der Waals surface area contributed by atoms with Gasteiger partial charge >= 0.3 is 11.9 Å². The number of ether oxygens (including phenoxy) is 2.